The van der Waals surface area contributed by atoms with Gasteiger partial charge in [0.05, 0.1) is 12.7 Å². The molecule has 4 nitrogen and oxygen atoms in total. The van der Waals surface area contributed by atoms with Crippen molar-refractivity contribution in [3.8, 4) is 0 Å². The summed E-state index contributed by atoms with van der Waals surface area (Å²) in [4.78, 5) is 16.1. The molecule has 2 aliphatic rings. The highest BCUT2D eigenvalue weighted by Crippen LogP contribution is 2.32. The normalized spacial score (nSPS) is 28.2. The zero-order valence-electron chi connectivity index (χ0n) is 15.0. The average Bonchev–Trinajstić information content (AvgIpc) is 3.14. The molecule has 1 aromatic heterocycles. The topological polar surface area (TPSA) is 32.8 Å². The minimum Gasteiger partial charge on any atom is -0.373 e. The standard InChI is InChI=1S/C19H29ClN2O2S/c1-15-2-3-18(24-13-16-4-9-25-14-16)17(10-15)12-21-5-7-22(8-6-21)19(23)11-20/h4,9,14-15,17-18H,2-3,5-8,10-13H2,1H3. The van der Waals surface area contributed by atoms with E-state index in [0.29, 0.717) is 12.0 Å². The maximum atomic E-state index is 11.7. The lowest BCUT2D eigenvalue weighted by Crippen LogP contribution is -2.51. The number of rotatable bonds is 6. The number of hydrogen-bond donors (Lipinski definition) is 0. The summed E-state index contributed by atoms with van der Waals surface area (Å²) in [5.41, 5.74) is 1.29. The van der Waals surface area contributed by atoms with Crippen LogP contribution in [0.15, 0.2) is 16.8 Å². The van der Waals surface area contributed by atoms with E-state index in [9.17, 15) is 4.79 Å². The quantitative estimate of drug-likeness (QED) is 0.704. The molecule has 3 unspecified atom stereocenters. The van der Waals surface area contributed by atoms with Crippen LogP contribution in [0.4, 0.5) is 0 Å². The van der Waals surface area contributed by atoms with Crippen LogP contribution < -0.4 is 0 Å². The molecule has 2 heterocycles. The van der Waals surface area contributed by atoms with E-state index in [1.165, 1.54) is 24.8 Å². The van der Waals surface area contributed by atoms with Crippen molar-refractivity contribution in [2.24, 2.45) is 11.8 Å². The Morgan fingerprint density at radius 2 is 2.12 bits per heavy atom. The molecule has 1 aromatic rings. The van der Waals surface area contributed by atoms with Crippen LogP contribution in [0.25, 0.3) is 0 Å². The molecule has 1 aliphatic heterocycles. The van der Waals surface area contributed by atoms with Crippen molar-refractivity contribution in [1.82, 2.24) is 9.80 Å². The van der Waals surface area contributed by atoms with Gasteiger partial charge in [0.1, 0.15) is 5.88 Å². The maximum absolute atomic E-state index is 11.7. The Morgan fingerprint density at radius 3 is 2.80 bits per heavy atom. The van der Waals surface area contributed by atoms with Gasteiger partial charge in [-0.15, -0.1) is 11.6 Å². The van der Waals surface area contributed by atoms with Gasteiger partial charge in [-0.2, -0.15) is 11.3 Å². The molecule has 2 fully saturated rings. The number of piperazine rings is 1. The molecule has 1 saturated heterocycles. The number of nitrogens with zero attached hydrogens (tertiary/aromatic N) is 2. The lowest BCUT2D eigenvalue weighted by Gasteiger charge is -2.40. The van der Waals surface area contributed by atoms with Crippen molar-refractivity contribution < 1.29 is 9.53 Å². The highest BCUT2D eigenvalue weighted by Gasteiger charge is 2.32. The molecule has 6 heteroatoms. The van der Waals surface area contributed by atoms with Gasteiger partial charge >= 0.3 is 0 Å². The van der Waals surface area contributed by atoms with Crippen LogP contribution in [0.3, 0.4) is 0 Å². The molecular formula is C19H29ClN2O2S. The van der Waals surface area contributed by atoms with Gasteiger partial charge in [0.2, 0.25) is 5.91 Å². The molecule has 1 saturated carbocycles. The van der Waals surface area contributed by atoms with Crippen LogP contribution in [0, 0.1) is 11.8 Å². The molecule has 25 heavy (non-hydrogen) atoms. The summed E-state index contributed by atoms with van der Waals surface area (Å²) in [5, 5.41) is 4.29. The van der Waals surface area contributed by atoms with Gasteiger partial charge in [-0.05, 0) is 53.5 Å². The lowest BCUT2D eigenvalue weighted by atomic mass is 9.80. The molecule has 0 N–H and O–H groups in total. The van der Waals surface area contributed by atoms with E-state index in [0.717, 1.165) is 45.2 Å². The first kappa shape index (κ1) is 19.2. The van der Waals surface area contributed by atoms with Crippen molar-refractivity contribution in [3.05, 3.63) is 22.4 Å². The van der Waals surface area contributed by atoms with E-state index < -0.39 is 0 Å². The van der Waals surface area contributed by atoms with Crippen LogP contribution >= 0.6 is 22.9 Å². The number of carbonyl (C=O) groups excluding carboxylic acids is 1. The molecular weight excluding hydrogens is 356 g/mol. The summed E-state index contributed by atoms with van der Waals surface area (Å²) in [6, 6.07) is 2.15. The van der Waals surface area contributed by atoms with Gasteiger partial charge in [0, 0.05) is 32.7 Å². The van der Waals surface area contributed by atoms with Crippen LogP contribution in [-0.2, 0) is 16.1 Å². The molecule has 1 aliphatic carbocycles. The Bertz CT molecular complexity index is 532. The predicted octanol–water partition coefficient (Wildman–Crippen LogP) is 3.45. The van der Waals surface area contributed by atoms with Crippen LogP contribution in [0.1, 0.15) is 31.7 Å². The van der Waals surface area contributed by atoms with E-state index in [1.54, 1.807) is 11.3 Å². The fourth-order valence-corrected chi connectivity index (χ4v) is 4.88. The fraction of sp³-hybridized carbons (Fsp3) is 0.737. The summed E-state index contributed by atoms with van der Waals surface area (Å²) in [5.74, 6) is 1.53. The zero-order chi connectivity index (χ0) is 17.6. The number of amides is 1. The fourth-order valence-electron chi connectivity index (χ4n) is 4.06. The molecule has 3 atom stereocenters. The minimum absolute atomic E-state index is 0.0598. The number of hydrogen-bond acceptors (Lipinski definition) is 4. The highest BCUT2D eigenvalue weighted by atomic mass is 35.5. The van der Waals surface area contributed by atoms with Gasteiger partial charge in [-0.3, -0.25) is 9.69 Å². The zero-order valence-corrected chi connectivity index (χ0v) is 16.6. The molecule has 0 bridgehead atoms. The monoisotopic (exact) mass is 384 g/mol. The predicted molar refractivity (Wildman–Crippen MR) is 103 cm³/mol. The van der Waals surface area contributed by atoms with E-state index in [1.807, 2.05) is 4.90 Å². The van der Waals surface area contributed by atoms with Crippen LogP contribution in [-0.4, -0.2) is 60.4 Å². The van der Waals surface area contributed by atoms with Crippen molar-refractivity contribution in [2.45, 2.75) is 38.9 Å². The summed E-state index contributed by atoms with van der Waals surface area (Å²) >= 11 is 7.40. The second-order valence-electron chi connectivity index (χ2n) is 7.47. The second-order valence-corrected chi connectivity index (χ2v) is 8.52. The summed E-state index contributed by atoms with van der Waals surface area (Å²) in [6.45, 7) is 7.68. The van der Waals surface area contributed by atoms with Gasteiger partial charge in [0.25, 0.3) is 0 Å². The van der Waals surface area contributed by atoms with Crippen molar-refractivity contribution >= 4 is 28.8 Å². The van der Waals surface area contributed by atoms with Crippen LogP contribution in [0.5, 0.6) is 0 Å². The SMILES string of the molecule is CC1CCC(OCc2ccsc2)C(CN2CCN(C(=O)CCl)CC2)C1. The largest absolute Gasteiger partial charge is 0.373 e. The Balaban J connectivity index is 1.50. The first-order valence-corrected chi connectivity index (χ1v) is 10.8. The van der Waals surface area contributed by atoms with Crippen LogP contribution in [0.2, 0.25) is 0 Å². The van der Waals surface area contributed by atoms with Crippen molar-refractivity contribution in [3.63, 3.8) is 0 Å². The van der Waals surface area contributed by atoms with E-state index in [-0.39, 0.29) is 11.8 Å². The van der Waals surface area contributed by atoms with Gasteiger partial charge in [0.15, 0.2) is 0 Å². The first-order chi connectivity index (χ1) is 12.2. The Labute approximate surface area is 160 Å². The number of halogens is 1. The maximum Gasteiger partial charge on any atom is 0.237 e. The summed E-state index contributed by atoms with van der Waals surface area (Å²) < 4.78 is 6.30. The number of thiophene rings is 1. The second kappa shape index (κ2) is 9.36. The molecule has 0 radical (unpaired) electrons. The third-order valence-corrected chi connectivity index (χ3v) is 6.51. The Morgan fingerprint density at radius 1 is 1.32 bits per heavy atom. The summed E-state index contributed by atoms with van der Waals surface area (Å²) in [6.07, 6.45) is 4.04. The Kier molecular flexibility index (Phi) is 7.17. The lowest BCUT2D eigenvalue weighted by molar-refractivity contribution is -0.130. The van der Waals surface area contributed by atoms with E-state index in [2.05, 4.69) is 28.7 Å². The molecule has 3 rings (SSSR count). The Hall–Kier alpha value is -0.620. The molecule has 0 spiro atoms. The van der Waals surface area contributed by atoms with Gasteiger partial charge < -0.3 is 9.64 Å². The number of carbonyl (C=O) groups is 1. The van der Waals surface area contributed by atoms with Crippen molar-refractivity contribution in [2.75, 3.05) is 38.6 Å². The molecule has 0 aromatic carbocycles. The smallest absolute Gasteiger partial charge is 0.237 e. The van der Waals surface area contributed by atoms with Crippen molar-refractivity contribution in [1.29, 1.82) is 0 Å². The number of alkyl halides is 1. The van der Waals surface area contributed by atoms with Gasteiger partial charge in [-0.1, -0.05) is 6.92 Å². The van der Waals surface area contributed by atoms with Gasteiger partial charge in [-0.25, -0.2) is 0 Å². The third-order valence-electron chi connectivity index (χ3n) is 5.55. The highest BCUT2D eigenvalue weighted by molar-refractivity contribution is 7.07. The molecule has 1 amide bonds. The number of ether oxygens (including phenoxy) is 1. The van der Waals surface area contributed by atoms with E-state index in [4.69, 9.17) is 16.3 Å². The first-order valence-electron chi connectivity index (χ1n) is 9.34. The summed E-state index contributed by atoms with van der Waals surface area (Å²) in [7, 11) is 0. The minimum atomic E-state index is 0.0598. The van der Waals surface area contributed by atoms with E-state index >= 15 is 0 Å². The third kappa shape index (κ3) is 5.43. The average molecular weight is 385 g/mol. The molecule has 140 valence electrons.